The lowest BCUT2D eigenvalue weighted by Gasteiger charge is -2.17. The van der Waals surface area contributed by atoms with Gasteiger partial charge in [-0.3, -0.25) is 0 Å². The van der Waals surface area contributed by atoms with Crippen molar-refractivity contribution in [1.29, 1.82) is 0 Å². The van der Waals surface area contributed by atoms with Crippen LogP contribution in [0.4, 0.5) is 0 Å². The summed E-state index contributed by atoms with van der Waals surface area (Å²) in [6, 6.07) is 7.90. The zero-order valence-electron chi connectivity index (χ0n) is 11.5. The highest BCUT2D eigenvalue weighted by atomic mass is 79.9. The van der Waals surface area contributed by atoms with E-state index in [9.17, 15) is 0 Å². The van der Waals surface area contributed by atoms with Gasteiger partial charge in [0.15, 0.2) is 0 Å². The van der Waals surface area contributed by atoms with E-state index >= 15 is 0 Å². The molecule has 2 aromatic rings. The number of furan rings is 1. The molecule has 0 fully saturated rings. The molecule has 1 N–H and O–H groups in total. The van der Waals surface area contributed by atoms with Crippen LogP contribution in [0.1, 0.15) is 25.2 Å². The van der Waals surface area contributed by atoms with Gasteiger partial charge in [0.2, 0.25) is 0 Å². The molecule has 1 aromatic heterocycles. The molecule has 0 atom stereocenters. The average molecular weight is 403 g/mol. The van der Waals surface area contributed by atoms with E-state index < -0.39 is 0 Å². The molecule has 1 heterocycles. The van der Waals surface area contributed by atoms with Crippen molar-refractivity contribution in [2.75, 3.05) is 0 Å². The summed E-state index contributed by atoms with van der Waals surface area (Å²) in [5, 5.41) is 3.36. The van der Waals surface area contributed by atoms with Gasteiger partial charge >= 0.3 is 0 Å². The van der Waals surface area contributed by atoms with Gasteiger partial charge in [0.1, 0.15) is 11.5 Å². The maximum atomic E-state index is 5.89. The molecule has 5 heteroatoms. The third-order valence-electron chi connectivity index (χ3n) is 2.63. The first-order chi connectivity index (χ1) is 9.56. The number of hydrogen-bond donors (Lipinski definition) is 1. The summed E-state index contributed by atoms with van der Waals surface area (Å²) in [5.41, 5.74) is 1.10. The minimum absolute atomic E-state index is 0.135. The van der Waals surface area contributed by atoms with Crippen LogP contribution in [-0.4, -0.2) is 6.10 Å². The predicted molar refractivity (Wildman–Crippen MR) is 86.9 cm³/mol. The zero-order chi connectivity index (χ0) is 14.5. The molecule has 0 saturated heterocycles. The first kappa shape index (κ1) is 15.6. The summed E-state index contributed by atoms with van der Waals surface area (Å²) < 4.78 is 13.2. The zero-order valence-corrected chi connectivity index (χ0v) is 14.6. The fourth-order valence-corrected chi connectivity index (χ4v) is 3.25. The van der Waals surface area contributed by atoms with Crippen molar-refractivity contribution in [3.8, 4) is 5.75 Å². The monoisotopic (exact) mass is 401 g/mol. The highest BCUT2D eigenvalue weighted by Gasteiger charge is 2.11. The molecule has 1 aromatic carbocycles. The van der Waals surface area contributed by atoms with E-state index in [0.29, 0.717) is 13.1 Å². The first-order valence-electron chi connectivity index (χ1n) is 6.44. The number of hydrogen-bond acceptors (Lipinski definition) is 3. The Kier molecular flexibility index (Phi) is 5.69. The van der Waals surface area contributed by atoms with Crippen molar-refractivity contribution in [2.24, 2.45) is 0 Å². The molecule has 0 amide bonds. The highest BCUT2D eigenvalue weighted by molar-refractivity contribution is 9.11. The van der Waals surface area contributed by atoms with Crippen LogP contribution in [0, 0.1) is 0 Å². The number of benzene rings is 1. The molecule has 0 saturated carbocycles. The summed E-state index contributed by atoms with van der Waals surface area (Å²) in [4.78, 5) is 0. The molecular weight excluding hydrogens is 386 g/mol. The van der Waals surface area contributed by atoms with Gasteiger partial charge in [-0.2, -0.15) is 0 Å². The van der Waals surface area contributed by atoms with Crippen LogP contribution in [-0.2, 0) is 13.1 Å². The Labute approximate surface area is 136 Å². The lowest BCUT2D eigenvalue weighted by Crippen LogP contribution is -2.15. The molecule has 0 radical (unpaired) electrons. The predicted octanol–water partition coefficient (Wildman–Crippen LogP) is 4.88. The Balaban J connectivity index is 2.08. The van der Waals surface area contributed by atoms with Gasteiger partial charge in [-0.1, -0.05) is 15.9 Å². The number of halogens is 2. The second kappa shape index (κ2) is 7.29. The lowest BCUT2D eigenvalue weighted by atomic mass is 10.2. The van der Waals surface area contributed by atoms with Crippen LogP contribution in [0.5, 0.6) is 5.75 Å². The topological polar surface area (TPSA) is 34.4 Å². The third kappa shape index (κ3) is 4.36. The van der Waals surface area contributed by atoms with Crippen molar-refractivity contribution in [3.05, 3.63) is 50.8 Å². The van der Waals surface area contributed by atoms with Crippen LogP contribution in [0.2, 0.25) is 0 Å². The number of rotatable bonds is 6. The van der Waals surface area contributed by atoms with Crippen molar-refractivity contribution in [3.63, 3.8) is 0 Å². The molecule has 0 aliphatic rings. The quantitative estimate of drug-likeness (QED) is 0.747. The molecule has 3 nitrogen and oxygen atoms in total. The van der Waals surface area contributed by atoms with E-state index in [0.717, 1.165) is 26.0 Å². The van der Waals surface area contributed by atoms with Crippen molar-refractivity contribution in [2.45, 2.75) is 33.0 Å². The molecular formula is C15H17Br2NO2. The van der Waals surface area contributed by atoms with Gasteiger partial charge in [0.25, 0.3) is 0 Å². The second-order valence-electron chi connectivity index (χ2n) is 4.73. The number of ether oxygens (including phenoxy) is 1. The molecule has 108 valence electrons. The molecule has 0 aliphatic carbocycles. The van der Waals surface area contributed by atoms with Gasteiger partial charge in [0.05, 0.1) is 23.4 Å². The maximum absolute atomic E-state index is 5.89. The van der Waals surface area contributed by atoms with Crippen LogP contribution >= 0.6 is 31.9 Å². The van der Waals surface area contributed by atoms with E-state index in [1.54, 1.807) is 6.26 Å². The van der Waals surface area contributed by atoms with E-state index in [1.165, 1.54) is 0 Å². The molecule has 0 aliphatic heterocycles. The van der Waals surface area contributed by atoms with Crippen molar-refractivity contribution < 1.29 is 9.15 Å². The fraction of sp³-hybridized carbons (Fsp3) is 0.333. The van der Waals surface area contributed by atoms with E-state index in [4.69, 9.17) is 9.15 Å². The molecule has 0 unspecified atom stereocenters. The summed E-state index contributed by atoms with van der Waals surface area (Å²) in [5.74, 6) is 1.81. The maximum Gasteiger partial charge on any atom is 0.138 e. The summed E-state index contributed by atoms with van der Waals surface area (Å²) in [6.07, 6.45) is 1.82. The third-order valence-corrected chi connectivity index (χ3v) is 3.68. The number of nitrogens with one attached hydrogen (secondary N) is 1. The lowest BCUT2D eigenvalue weighted by molar-refractivity contribution is 0.237. The molecule has 0 spiro atoms. The first-order valence-corrected chi connectivity index (χ1v) is 8.02. The Morgan fingerprint density at radius 1 is 1.25 bits per heavy atom. The minimum atomic E-state index is 0.135. The largest absolute Gasteiger partial charge is 0.489 e. The van der Waals surface area contributed by atoms with E-state index in [2.05, 4.69) is 43.2 Å². The van der Waals surface area contributed by atoms with Crippen molar-refractivity contribution >= 4 is 31.9 Å². The van der Waals surface area contributed by atoms with Gasteiger partial charge in [-0.25, -0.2) is 0 Å². The molecule has 0 bridgehead atoms. The Morgan fingerprint density at radius 2 is 2.05 bits per heavy atom. The SMILES string of the molecule is CC(C)Oc1c(Br)cc(Br)cc1CNCc1ccco1. The van der Waals surface area contributed by atoms with Gasteiger partial charge < -0.3 is 14.5 Å². The van der Waals surface area contributed by atoms with Crippen LogP contribution < -0.4 is 10.1 Å². The fourth-order valence-electron chi connectivity index (χ4n) is 1.85. The summed E-state index contributed by atoms with van der Waals surface area (Å²) in [7, 11) is 0. The Morgan fingerprint density at radius 3 is 2.70 bits per heavy atom. The molecule has 20 heavy (non-hydrogen) atoms. The second-order valence-corrected chi connectivity index (χ2v) is 6.50. The summed E-state index contributed by atoms with van der Waals surface area (Å²) >= 11 is 7.07. The standard InChI is InChI=1S/C15H17Br2NO2/c1-10(2)20-15-11(6-12(16)7-14(15)17)8-18-9-13-4-3-5-19-13/h3-7,10,18H,8-9H2,1-2H3. The van der Waals surface area contributed by atoms with Gasteiger partial charge in [-0.05, 0) is 54.0 Å². The highest BCUT2D eigenvalue weighted by Crippen LogP contribution is 2.33. The van der Waals surface area contributed by atoms with Crippen molar-refractivity contribution in [1.82, 2.24) is 5.32 Å². The van der Waals surface area contributed by atoms with Crippen LogP contribution in [0.25, 0.3) is 0 Å². The average Bonchev–Trinajstić information content (AvgIpc) is 2.86. The van der Waals surface area contributed by atoms with Crippen LogP contribution in [0.15, 0.2) is 43.9 Å². The minimum Gasteiger partial charge on any atom is -0.489 e. The van der Waals surface area contributed by atoms with E-state index in [-0.39, 0.29) is 6.10 Å². The smallest absolute Gasteiger partial charge is 0.138 e. The summed E-state index contributed by atoms with van der Waals surface area (Å²) in [6.45, 7) is 5.45. The van der Waals surface area contributed by atoms with Crippen LogP contribution in [0.3, 0.4) is 0 Å². The Bertz CT molecular complexity index is 553. The normalized spacial score (nSPS) is 11.1. The van der Waals surface area contributed by atoms with E-state index in [1.807, 2.05) is 32.0 Å². The van der Waals surface area contributed by atoms with Gasteiger partial charge in [0, 0.05) is 16.6 Å². The molecule has 2 rings (SSSR count). The Hall–Kier alpha value is -0.780. The van der Waals surface area contributed by atoms with Gasteiger partial charge in [-0.15, -0.1) is 0 Å².